The van der Waals surface area contributed by atoms with Crippen LogP contribution >= 0.6 is 0 Å². The summed E-state index contributed by atoms with van der Waals surface area (Å²) in [4.78, 5) is 26.7. The van der Waals surface area contributed by atoms with Crippen molar-refractivity contribution < 1.29 is 9.59 Å². The molecule has 1 spiro atoms. The summed E-state index contributed by atoms with van der Waals surface area (Å²) in [5.41, 5.74) is 3.31. The fraction of sp³-hybridized carbons (Fsp3) is 0.667. The van der Waals surface area contributed by atoms with Crippen molar-refractivity contribution in [2.24, 2.45) is 11.8 Å². The molecule has 1 aromatic rings. The number of rotatable bonds is 2. The molecule has 5 rings (SSSR count). The van der Waals surface area contributed by atoms with Crippen LogP contribution in [0.4, 0.5) is 0 Å². The van der Waals surface area contributed by atoms with Gasteiger partial charge < -0.3 is 10.2 Å². The Morgan fingerprint density at radius 2 is 1.96 bits per heavy atom. The van der Waals surface area contributed by atoms with Gasteiger partial charge in [0, 0.05) is 36.4 Å². The van der Waals surface area contributed by atoms with Gasteiger partial charge in [0.05, 0.1) is 0 Å². The van der Waals surface area contributed by atoms with E-state index in [-0.39, 0.29) is 22.8 Å². The Morgan fingerprint density at radius 1 is 1.18 bits per heavy atom. The van der Waals surface area contributed by atoms with Crippen LogP contribution in [0, 0.1) is 11.8 Å². The number of nitrogens with one attached hydrogen (secondary N) is 1. The first kappa shape index (κ1) is 18.2. The highest BCUT2D eigenvalue weighted by Crippen LogP contribution is 2.60. The quantitative estimate of drug-likeness (QED) is 0.853. The molecule has 0 radical (unpaired) electrons. The van der Waals surface area contributed by atoms with E-state index in [1.54, 1.807) is 0 Å². The normalized spacial score (nSPS) is 36.7. The fourth-order valence-electron chi connectivity index (χ4n) is 6.01. The molecule has 28 heavy (non-hydrogen) atoms. The minimum absolute atomic E-state index is 0.0517. The summed E-state index contributed by atoms with van der Waals surface area (Å²) < 4.78 is 0. The number of benzene rings is 1. The average molecular weight is 381 g/mol. The Labute approximate surface area is 168 Å². The second-order valence-corrected chi connectivity index (χ2v) is 10.9. The predicted molar refractivity (Wildman–Crippen MR) is 109 cm³/mol. The van der Waals surface area contributed by atoms with Crippen LogP contribution in [0.3, 0.4) is 0 Å². The third kappa shape index (κ3) is 2.79. The maximum absolute atomic E-state index is 13.0. The first-order valence-electron chi connectivity index (χ1n) is 10.9. The zero-order valence-corrected chi connectivity index (χ0v) is 17.4. The van der Waals surface area contributed by atoms with E-state index in [0.717, 1.165) is 38.8 Å². The number of fused-ring (bicyclic) bond motifs is 1. The maximum Gasteiger partial charge on any atom is 0.225 e. The molecule has 0 bridgehead atoms. The van der Waals surface area contributed by atoms with Crippen LogP contribution in [-0.4, -0.2) is 35.3 Å². The van der Waals surface area contributed by atoms with Gasteiger partial charge in [-0.15, -0.1) is 0 Å². The van der Waals surface area contributed by atoms with Gasteiger partial charge in [-0.3, -0.25) is 9.59 Å². The molecular formula is C24H32N2O2. The van der Waals surface area contributed by atoms with Crippen LogP contribution in [-0.2, 0) is 20.4 Å². The molecule has 2 heterocycles. The van der Waals surface area contributed by atoms with Gasteiger partial charge in [0.15, 0.2) is 0 Å². The summed E-state index contributed by atoms with van der Waals surface area (Å²) in [5, 5.41) is 3.11. The Bertz CT molecular complexity index is 833. The fourth-order valence-corrected chi connectivity index (χ4v) is 6.01. The summed E-state index contributed by atoms with van der Waals surface area (Å²) in [6, 6.07) is 9.16. The predicted octanol–water partition coefficient (Wildman–Crippen LogP) is 3.53. The lowest BCUT2D eigenvalue weighted by Crippen LogP contribution is -2.57. The van der Waals surface area contributed by atoms with E-state index in [1.165, 1.54) is 17.5 Å². The van der Waals surface area contributed by atoms with Crippen molar-refractivity contribution >= 4 is 11.8 Å². The number of likely N-dealkylation sites (tertiary alicyclic amines) is 1. The number of piperidine rings is 1. The van der Waals surface area contributed by atoms with Crippen molar-refractivity contribution in [3.63, 3.8) is 0 Å². The zero-order chi connectivity index (χ0) is 19.7. The minimum Gasteiger partial charge on any atom is -0.351 e. The van der Waals surface area contributed by atoms with Gasteiger partial charge >= 0.3 is 0 Å². The lowest BCUT2D eigenvalue weighted by Gasteiger charge is -2.46. The molecule has 2 aliphatic carbocycles. The Hall–Kier alpha value is -1.84. The Balaban J connectivity index is 1.23. The van der Waals surface area contributed by atoms with Crippen LogP contribution in [0.2, 0.25) is 0 Å². The van der Waals surface area contributed by atoms with Gasteiger partial charge in [-0.1, -0.05) is 45.0 Å². The Kier molecular flexibility index (Phi) is 3.80. The van der Waals surface area contributed by atoms with E-state index in [9.17, 15) is 9.59 Å². The molecule has 4 nitrogen and oxygen atoms in total. The first-order valence-corrected chi connectivity index (χ1v) is 10.9. The van der Waals surface area contributed by atoms with Crippen molar-refractivity contribution in [1.82, 2.24) is 10.2 Å². The second kappa shape index (κ2) is 5.84. The van der Waals surface area contributed by atoms with E-state index in [4.69, 9.17) is 0 Å². The molecule has 4 aliphatic rings. The lowest BCUT2D eigenvalue weighted by atomic mass is 9.67. The summed E-state index contributed by atoms with van der Waals surface area (Å²) in [7, 11) is 0. The smallest absolute Gasteiger partial charge is 0.225 e. The van der Waals surface area contributed by atoms with Crippen molar-refractivity contribution in [2.75, 3.05) is 13.1 Å². The SMILES string of the molecule is CC(C)(C)c1cccc(C23CCN(C(=O)C4CC5(CCC(=O)N5)C4)CC2C3)c1. The van der Waals surface area contributed by atoms with Crippen molar-refractivity contribution in [2.45, 2.75) is 75.7 Å². The molecule has 0 aromatic heterocycles. The van der Waals surface area contributed by atoms with Gasteiger partial charge in [-0.25, -0.2) is 0 Å². The number of nitrogens with zero attached hydrogens (tertiary/aromatic N) is 1. The van der Waals surface area contributed by atoms with E-state index in [0.29, 0.717) is 23.7 Å². The first-order chi connectivity index (χ1) is 13.2. The molecule has 2 amide bonds. The van der Waals surface area contributed by atoms with Crippen molar-refractivity contribution in [3.8, 4) is 0 Å². The van der Waals surface area contributed by atoms with Crippen molar-refractivity contribution in [3.05, 3.63) is 35.4 Å². The summed E-state index contributed by atoms with van der Waals surface area (Å²) >= 11 is 0. The van der Waals surface area contributed by atoms with Gasteiger partial charge in [-0.05, 0) is 54.6 Å². The summed E-state index contributed by atoms with van der Waals surface area (Å²) in [6.07, 6.45) is 5.53. The topological polar surface area (TPSA) is 49.4 Å². The highest BCUT2D eigenvalue weighted by atomic mass is 16.2. The molecule has 150 valence electrons. The molecule has 1 aromatic carbocycles. The van der Waals surface area contributed by atoms with Gasteiger partial charge in [-0.2, -0.15) is 0 Å². The average Bonchev–Trinajstić information content (AvgIpc) is 3.25. The van der Waals surface area contributed by atoms with Crippen LogP contribution < -0.4 is 5.32 Å². The molecular weight excluding hydrogens is 348 g/mol. The van der Waals surface area contributed by atoms with E-state index >= 15 is 0 Å². The van der Waals surface area contributed by atoms with Crippen LogP contribution in [0.1, 0.15) is 70.4 Å². The summed E-state index contributed by atoms with van der Waals surface area (Å²) in [6.45, 7) is 8.61. The number of hydrogen-bond donors (Lipinski definition) is 1. The molecule has 2 saturated carbocycles. The second-order valence-electron chi connectivity index (χ2n) is 10.9. The third-order valence-electron chi connectivity index (χ3n) is 7.97. The minimum atomic E-state index is -0.0517. The molecule has 2 atom stereocenters. The molecule has 2 unspecified atom stereocenters. The number of amides is 2. The number of carbonyl (C=O) groups excluding carboxylic acids is 2. The molecule has 1 N–H and O–H groups in total. The van der Waals surface area contributed by atoms with Crippen molar-refractivity contribution in [1.29, 1.82) is 0 Å². The van der Waals surface area contributed by atoms with E-state index < -0.39 is 0 Å². The number of carbonyl (C=O) groups is 2. The molecule has 4 fully saturated rings. The highest BCUT2D eigenvalue weighted by Gasteiger charge is 2.59. The standard InChI is InChI=1S/C24H32N2O2/c1-22(2,3)17-5-4-6-18(11-17)24-9-10-26(15-19(24)14-24)21(28)16-12-23(13-16)8-7-20(27)25-23/h4-6,11,16,19H,7-10,12-15H2,1-3H3,(H,25,27). The van der Waals surface area contributed by atoms with Gasteiger partial charge in [0.2, 0.25) is 11.8 Å². The highest BCUT2D eigenvalue weighted by molar-refractivity contribution is 5.84. The summed E-state index contributed by atoms with van der Waals surface area (Å²) in [5.74, 6) is 1.22. The maximum atomic E-state index is 13.0. The largest absolute Gasteiger partial charge is 0.351 e. The lowest BCUT2D eigenvalue weighted by molar-refractivity contribution is -0.143. The molecule has 4 heteroatoms. The third-order valence-corrected chi connectivity index (χ3v) is 7.97. The van der Waals surface area contributed by atoms with E-state index in [2.05, 4.69) is 55.3 Å². The zero-order valence-electron chi connectivity index (χ0n) is 17.4. The van der Waals surface area contributed by atoms with Gasteiger partial charge in [0.25, 0.3) is 0 Å². The van der Waals surface area contributed by atoms with Gasteiger partial charge in [0.1, 0.15) is 0 Å². The van der Waals surface area contributed by atoms with Crippen LogP contribution in [0.5, 0.6) is 0 Å². The molecule has 2 aliphatic heterocycles. The Morgan fingerprint density at radius 3 is 2.61 bits per heavy atom. The van der Waals surface area contributed by atoms with E-state index in [1.807, 2.05) is 0 Å². The van der Waals surface area contributed by atoms with Crippen LogP contribution in [0.25, 0.3) is 0 Å². The monoisotopic (exact) mass is 380 g/mol. The molecule has 2 saturated heterocycles. The van der Waals surface area contributed by atoms with Crippen LogP contribution in [0.15, 0.2) is 24.3 Å². The number of hydrogen-bond acceptors (Lipinski definition) is 2.